The molecule has 0 bridgehead atoms. The van der Waals surface area contributed by atoms with Gasteiger partial charge in [-0.15, -0.1) is 0 Å². The van der Waals surface area contributed by atoms with Gasteiger partial charge in [-0.05, 0) is 0 Å². The fourth-order valence-electron chi connectivity index (χ4n) is 0. The number of hydrogen-bond acceptors (Lipinski definition) is 1. The fourth-order valence-corrected chi connectivity index (χ4v) is 0. The second-order valence-electron chi connectivity index (χ2n) is 0. The van der Waals surface area contributed by atoms with Crippen molar-refractivity contribution in [1.29, 1.82) is 0 Å². The van der Waals surface area contributed by atoms with Gasteiger partial charge in [0, 0.05) is 55.3 Å². The Balaban J connectivity index is -0.000000000500. The van der Waals surface area contributed by atoms with E-state index in [9.17, 15) is 0 Å². The van der Waals surface area contributed by atoms with Crippen LogP contribution in [0, 0.1) is 0 Å². The van der Waals surface area contributed by atoms with Gasteiger partial charge in [0.1, 0.15) is 0 Å². The summed E-state index contributed by atoms with van der Waals surface area (Å²) >= 11 is 0.300. The normalized spacial score (nSPS) is 0.667. The maximum Gasteiger partial charge on any atom is 0 e. The van der Waals surface area contributed by atoms with Gasteiger partial charge in [-0.1, -0.05) is 0 Å². The third-order valence-corrected chi connectivity index (χ3v) is 0. The Bertz CT molecular complexity index is 19.7. The standard InChI is InChI=1S/Mn.Na.Ni.O.Sn.Ti.H/q;+1;;;;;-1. The Morgan fingerprint density at radius 3 is 1.33 bits per heavy atom. The molecule has 1 nitrogen and oxygen atoms in total. The average Bonchev–Trinajstić information content (AvgIpc) is 1.00. The molecule has 0 rings (SSSR count). The first-order chi connectivity index (χ1) is 1.00. The molecule has 0 aliphatic rings. The smallest absolute Gasteiger partial charge is 0 e. The second-order valence-corrected chi connectivity index (χ2v) is 0. The van der Waals surface area contributed by atoms with Gasteiger partial charge in [-0.2, -0.15) is 0 Å². The molecule has 0 spiro atoms. The Kier molecular flexibility index (Phi) is 233. The van der Waals surface area contributed by atoms with Crippen LogP contribution in [-0.2, 0) is 58.4 Å². The Morgan fingerprint density at radius 2 is 1.33 bits per heavy atom. The zero-order chi connectivity index (χ0) is 2.00. The van der Waals surface area contributed by atoms with Gasteiger partial charge in [0.15, 0.2) is 0 Å². The molecule has 6 heteroatoms. The van der Waals surface area contributed by atoms with E-state index in [1.54, 1.807) is 0 Å². The topological polar surface area (TPSA) is 17.1 Å². The van der Waals surface area contributed by atoms with Crippen LogP contribution in [-0.4, -0.2) is 22.5 Å². The van der Waals surface area contributed by atoms with E-state index in [1.807, 2.05) is 0 Å². The predicted octanol–water partition coefficient (Wildman–Crippen LogP) is -3.39. The van der Waals surface area contributed by atoms with Gasteiger partial charge in [0.05, 0.1) is 0 Å². The van der Waals surface area contributed by atoms with E-state index in [4.69, 9.17) is 3.08 Å². The van der Waals surface area contributed by atoms with Gasteiger partial charge in [0.25, 0.3) is 0 Å². The minimum Gasteiger partial charge on any atom is 0 e. The zero-order valence-electron chi connectivity index (χ0n) is 4.10. The summed E-state index contributed by atoms with van der Waals surface area (Å²) in [6.07, 6.45) is 0. The molecule has 0 aliphatic carbocycles. The van der Waals surface area contributed by atoms with Gasteiger partial charge in [0.2, 0.25) is 0 Å². The first-order valence-corrected chi connectivity index (χ1v) is 1.37. The predicted molar refractivity (Wildman–Crippen MR) is 7.55 cm³/mol. The summed E-state index contributed by atoms with van der Waals surface area (Å²) in [7, 11) is 0. The first-order valence-electron chi connectivity index (χ1n) is 0.204. The number of hydrogen-bond donors (Lipinski definition) is 0. The van der Waals surface area contributed by atoms with Crippen LogP contribution in [0.25, 0.3) is 0 Å². The minimum atomic E-state index is 0. The molecular formula is HMnNaNiOSnTi. The molecule has 0 unspecified atom stereocenters. The molecule has 0 amide bonds. The summed E-state index contributed by atoms with van der Waals surface area (Å²) in [6, 6.07) is 0. The summed E-state index contributed by atoms with van der Waals surface area (Å²) in [6.45, 7) is 0. The fraction of sp³-hybridized carbons (Fsp3) is 0. The third-order valence-electron chi connectivity index (χ3n) is 0. The van der Waals surface area contributed by atoms with Crippen molar-refractivity contribution < 1.29 is 89.3 Å². The molecule has 0 aliphatic heterocycles. The molecule has 0 aromatic rings. The third kappa shape index (κ3) is 26.5. The van der Waals surface area contributed by atoms with Gasteiger partial charge in [-0.3, -0.25) is 0 Å². The Hall–Kier alpha value is 3.33. The molecule has 0 aromatic heterocycles. The molecule has 33 valence electrons. The van der Waals surface area contributed by atoms with Gasteiger partial charge < -0.3 is 1.43 Å². The maximum atomic E-state index is 8.34. The summed E-state index contributed by atoms with van der Waals surface area (Å²) in [5.41, 5.74) is 0. The van der Waals surface area contributed by atoms with Crippen LogP contribution in [0.1, 0.15) is 1.43 Å². The summed E-state index contributed by atoms with van der Waals surface area (Å²) in [5.74, 6) is 0. The summed E-state index contributed by atoms with van der Waals surface area (Å²) < 4.78 is 8.34. The molecule has 0 saturated heterocycles. The largest absolute Gasteiger partial charge is 0 e. The SMILES string of the molecule is [H-].[Mn].[Na+].[Ni].[O]=[Sn].[Ti]. The van der Waals surface area contributed by atoms with Crippen molar-refractivity contribution in [1.82, 2.24) is 0 Å². The van der Waals surface area contributed by atoms with Crippen LogP contribution in [0.4, 0.5) is 0 Å². The van der Waals surface area contributed by atoms with Crippen molar-refractivity contribution in [2.24, 2.45) is 0 Å². The summed E-state index contributed by atoms with van der Waals surface area (Å²) in [4.78, 5) is 0. The van der Waals surface area contributed by atoms with Crippen LogP contribution in [0.5, 0.6) is 0 Å². The first kappa shape index (κ1) is 34.5. The Morgan fingerprint density at radius 1 is 1.33 bits per heavy atom. The van der Waals surface area contributed by atoms with Crippen molar-refractivity contribution in [2.75, 3.05) is 0 Å². The molecular weight excluding hydrogens is 319 g/mol. The van der Waals surface area contributed by atoms with Crippen molar-refractivity contribution in [3.8, 4) is 0 Å². The van der Waals surface area contributed by atoms with Crippen molar-refractivity contribution in [2.45, 2.75) is 0 Å². The van der Waals surface area contributed by atoms with E-state index in [2.05, 4.69) is 0 Å². The van der Waals surface area contributed by atoms with Crippen molar-refractivity contribution >= 4 is 22.5 Å². The van der Waals surface area contributed by atoms with Crippen LogP contribution in [0.3, 0.4) is 0 Å². The number of rotatable bonds is 0. The van der Waals surface area contributed by atoms with Crippen LogP contribution >= 0.6 is 0 Å². The molecule has 0 fully saturated rings. The van der Waals surface area contributed by atoms with E-state index < -0.39 is 0 Å². The molecule has 6 heavy (non-hydrogen) atoms. The molecule has 0 atom stereocenters. The van der Waals surface area contributed by atoms with E-state index in [0.717, 1.165) is 0 Å². The van der Waals surface area contributed by atoms with E-state index in [0.29, 0.717) is 22.5 Å². The average molecular weight is 320 g/mol. The van der Waals surface area contributed by atoms with Crippen LogP contribution < -0.4 is 29.6 Å². The quantitative estimate of drug-likeness (QED) is 0.426. The van der Waals surface area contributed by atoms with Crippen molar-refractivity contribution in [3.63, 3.8) is 0 Å². The second kappa shape index (κ2) is 40.4. The minimum absolute atomic E-state index is 0. The van der Waals surface area contributed by atoms with Crippen LogP contribution in [0.2, 0.25) is 0 Å². The van der Waals surface area contributed by atoms with E-state index >= 15 is 0 Å². The summed E-state index contributed by atoms with van der Waals surface area (Å²) in [5, 5.41) is 0. The van der Waals surface area contributed by atoms with Gasteiger partial charge >= 0.3 is 55.1 Å². The van der Waals surface area contributed by atoms with E-state index in [-0.39, 0.29) is 86.3 Å². The zero-order valence-corrected chi connectivity index (χ0v) is 11.7. The van der Waals surface area contributed by atoms with E-state index in [1.165, 1.54) is 0 Å². The maximum absolute atomic E-state index is 8.34. The van der Waals surface area contributed by atoms with Crippen LogP contribution in [0.15, 0.2) is 0 Å². The molecule has 0 heterocycles. The molecule has 3 radical (unpaired) electrons. The van der Waals surface area contributed by atoms with Gasteiger partial charge in [-0.25, -0.2) is 0 Å². The monoisotopic (exact) mass is 321 g/mol. The van der Waals surface area contributed by atoms with Crippen molar-refractivity contribution in [3.05, 3.63) is 0 Å². The molecule has 0 aromatic carbocycles. The molecule has 0 N–H and O–H groups in total. The molecule has 0 saturated carbocycles. The Labute approximate surface area is 110 Å².